The SMILES string of the molecule is CCCCCCC/C=C\C/C=C\C/C=C\CCCCCCCCC(=O)OC(COC(=O)CCCCCCCCCCCCCCCC)COC(=O)CCCCCCCCCCCCCCCCCCCCCCCCCCC. The van der Waals surface area contributed by atoms with Crippen molar-refractivity contribution < 1.29 is 28.6 Å². The molecule has 6 heteroatoms. The molecule has 1 atom stereocenters. The molecular weight excluding hydrogens is 961 g/mol. The third-order valence-corrected chi connectivity index (χ3v) is 15.9. The van der Waals surface area contributed by atoms with Gasteiger partial charge in [-0.1, -0.05) is 346 Å². The molecule has 0 aromatic carbocycles. The molecule has 0 spiro atoms. The Morgan fingerprint density at radius 1 is 0.256 bits per heavy atom. The summed E-state index contributed by atoms with van der Waals surface area (Å²) in [4.78, 5) is 38.4. The number of carbonyl (C=O) groups excluding carboxylic acids is 3. The molecule has 458 valence electrons. The molecule has 0 rings (SSSR count). The number of hydrogen-bond acceptors (Lipinski definition) is 6. The predicted octanol–water partition coefficient (Wildman–Crippen LogP) is 23.9. The van der Waals surface area contributed by atoms with Crippen LogP contribution in [0.25, 0.3) is 0 Å². The van der Waals surface area contributed by atoms with Crippen molar-refractivity contribution in [3.63, 3.8) is 0 Å². The summed E-state index contributed by atoms with van der Waals surface area (Å²) in [6, 6.07) is 0. The van der Waals surface area contributed by atoms with Gasteiger partial charge in [0, 0.05) is 19.3 Å². The summed E-state index contributed by atoms with van der Waals surface area (Å²) >= 11 is 0. The van der Waals surface area contributed by atoms with Crippen molar-refractivity contribution in [2.75, 3.05) is 13.2 Å². The molecule has 0 saturated heterocycles. The van der Waals surface area contributed by atoms with Gasteiger partial charge in [0.2, 0.25) is 0 Å². The van der Waals surface area contributed by atoms with Gasteiger partial charge >= 0.3 is 17.9 Å². The first-order valence-corrected chi connectivity index (χ1v) is 35.0. The third-order valence-electron chi connectivity index (χ3n) is 15.9. The molecule has 0 aromatic heterocycles. The van der Waals surface area contributed by atoms with Crippen molar-refractivity contribution in [3.05, 3.63) is 36.5 Å². The topological polar surface area (TPSA) is 78.9 Å². The Kier molecular flexibility index (Phi) is 65.1. The highest BCUT2D eigenvalue weighted by Crippen LogP contribution is 2.18. The van der Waals surface area contributed by atoms with Gasteiger partial charge in [0.1, 0.15) is 13.2 Å². The van der Waals surface area contributed by atoms with Crippen LogP contribution in [0.4, 0.5) is 0 Å². The Hall–Kier alpha value is -2.37. The second-order valence-corrected chi connectivity index (χ2v) is 23.8. The van der Waals surface area contributed by atoms with E-state index in [4.69, 9.17) is 14.2 Å². The Morgan fingerprint density at radius 2 is 0.462 bits per heavy atom. The van der Waals surface area contributed by atoms with Crippen LogP contribution in [-0.4, -0.2) is 37.2 Å². The first-order valence-electron chi connectivity index (χ1n) is 35.0. The minimum atomic E-state index is -0.777. The number of rotatable bonds is 65. The summed E-state index contributed by atoms with van der Waals surface area (Å²) in [6.45, 7) is 6.69. The van der Waals surface area contributed by atoms with Gasteiger partial charge in [-0.25, -0.2) is 0 Å². The highest BCUT2D eigenvalue weighted by molar-refractivity contribution is 5.71. The Labute approximate surface area is 486 Å². The van der Waals surface area contributed by atoms with Gasteiger partial charge in [-0.3, -0.25) is 14.4 Å². The Bertz CT molecular complexity index is 1300. The van der Waals surface area contributed by atoms with Crippen LogP contribution in [0.1, 0.15) is 387 Å². The van der Waals surface area contributed by atoms with Crippen LogP contribution in [0.5, 0.6) is 0 Å². The lowest BCUT2D eigenvalue weighted by molar-refractivity contribution is -0.167. The Balaban J connectivity index is 4.27. The lowest BCUT2D eigenvalue weighted by atomic mass is 10.0. The predicted molar refractivity (Wildman–Crippen MR) is 339 cm³/mol. The zero-order chi connectivity index (χ0) is 56.4. The summed E-state index contributed by atoms with van der Waals surface area (Å²) in [5.41, 5.74) is 0. The molecule has 0 saturated carbocycles. The molecule has 0 aliphatic heterocycles. The summed E-state index contributed by atoms with van der Waals surface area (Å²) < 4.78 is 17.0. The minimum Gasteiger partial charge on any atom is -0.462 e. The van der Waals surface area contributed by atoms with Crippen molar-refractivity contribution in [1.29, 1.82) is 0 Å². The molecule has 0 amide bonds. The summed E-state index contributed by atoms with van der Waals surface area (Å²) in [6.07, 6.45) is 83.1. The van der Waals surface area contributed by atoms with E-state index in [1.54, 1.807) is 0 Å². The first-order chi connectivity index (χ1) is 38.5. The van der Waals surface area contributed by atoms with Crippen LogP contribution in [0.2, 0.25) is 0 Å². The highest BCUT2D eigenvalue weighted by atomic mass is 16.6. The smallest absolute Gasteiger partial charge is 0.306 e. The zero-order valence-electron chi connectivity index (χ0n) is 52.7. The van der Waals surface area contributed by atoms with E-state index in [0.717, 1.165) is 77.0 Å². The van der Waals surface area contributed by atoms with Gasteiger partial charge in [-0.05, 0) is 57.8 Å². The summed E-state index contributed by atoms with van der Waals surface area (Å²) in [5, 5.41) is 0. The average molecular weight is 1100 g/mol. The maximum Gasteiger partial charge on any atom is 0.306 e. The van der Waals surface area contributed by atoms with Gasteiger partial charge in [0.15, 0.2) is 6.10 Å². The second-order valence-electron chi connectivity index (χ2n) is 23.8. The molecule has 0 radical (unpaired) electrons. The molecule has 0 fully saturated rings. The zero-order valence-corrected chi connectivity index (χ0v) is 52.7. The lowest BCUT2D eigenvalue weighted by Gasteiger charge is -2.18. The highest BCUT2D eigenvalue weighted by Gasteiger charge is 2.19. The van der Waals surface area contributed by atoms with E-state index >= 15 is 0 Å². The number of unbranched alkanes of at least 4 members (excludes halogenated alkanes) is 48. The van der Waals surface area contributed by atoms with Gasteiger partial charge in [-0.2, -0.15) is 0 Å². The molecule has 0 bridgehead atoms. The standard InChI is InChI=1S/C72H134O6/c1-4-7-10-13-16-19-22-25-28-30-32-34-35-36-37-39-40-42-44-47-50-53-56-59-62-65-71(74)77-68-69(67-76-70(73)64-61-58-55-52-49-46-27-24-21-18-15-12-9-6-3)78-72(75)66-63-60-57-54-51-48-45-43-41-38-33-31-29-26-23-20-17-14-11-8-5-2/h23,26,31,33,41,43,69H,4-22,24-25,27-30,32,34-40,42,44-68H2,1-3H3/b26-23-,33-31-,43-41-. The van der Waals surface area contributed by atoms with Gasteiger partial charge in [0.05, 0.1) is 0 Å². The van der Waals surface area contributed by atoms with E-state index in [9.17, 15) is 14.4 Å². The molecule has 0 aliphatic rings. The molecule has 78 heavy (non-hydrogen) atoms. The molecule has 6 nitrogen and oxygen atoms in total. The fourth-order valence-corrected chi connectivity index (χ4v) is 10.6. The van der Waals surface area contributed by atoms with Crippen molar-refractivity contribution in [3.8, 4) is 0 Å². The molecular formula is C72H134O6. The van der Waals surface area contributed by atoms with Crippen molar-refractivity contribution in [1.82, 2.24) is 0 Å². The lowest BCUT2D eigenvalue weighted by Crippen LogP contribution is -2.30. The Morgan fingerprint density at radius 3 is 0.718 bits per heavy atom. The average Bonchev–Trinajstić information content (AvgIpc) is 3.44. The number of hydrogen-bond donors (Lipinski definition) is 0. The largest absolute Gasteiger partial charge is 0.462 e. The fraction of sp³-hybridized carbons (Fsp3) is 0.875. The summed E-state index contributed by atoms with van der Waals surface area (Å²) in [5.74, 6) is -0.855. The molecule has 1 unspecified atom stereocenters. The van der Waals surface area contributed by atoms with E-state index in [-0.39, 0.29) is 31.1 Å². The molecule has 0 aromatic rings. The maximum atomic E-state index is 12.9. The molecule has 0 heterocycles. The quantitative estimate of drug-likeness (QED) is 0.0261. The van der Waals surface area contributed by atoms with E-state index in [2.05, 4.69) is 57.2 Å². The van der Waals surface area contributed by atoms with Gasteiger partial charge < -0.3 is 14.2 Å². The van der Waals surface area contributed by atoms with Crippen LogP contribution in [0.15, 0.2) is 36.5 Å². The maximum absolute atomic E-state index is 12.9. The normalized spacial score (nSPS) is 12.2. The monoisotopic (exact) mass is 1100 g/mol. The molecule has 0 aliphatic carbocycles. The van der Waals surface area contributed by atoms with Gasteiger partial charge in [0.25, 0.3) is 0 Å². The van der Waals surface area contributed by atoms with E-state index in [0.29, 0.717) is 19.3 Å². The van der Waals surface area contributed by atoms with Crippen molar-refractivity contribution >= 4 is 17.9 Å². The van der Waals surface area contributed by atoms with Gasteiger partial charge in [-0.15, -0.1) is 0 Å². The van der Waals surface area contributed by atoms with Crippen molar-refractivity contribution in [2.45, 2.75) is 393 Å². The fourth-order valence-electron chi connectivity index (χ4n) is 10.6. The van der Waals surface area contributed by atoms with Crippen molar-refractivity contribution in [2.24, 2.45) is 0 Å². The second kappa shape index (κ2) is 67.1. The van der Waals surface area contributed by atoms with Crippen LogP contribution < -0.4 is 0 Å². The van der Waals surface area contributed by atoms with E-state index in [1.165, 1.54) is 270 Å². The van der Waals surface area contributed by atoms with Crippen LogP contribution in [0, 0.1) is 0 Å². The van der Waals surface area contributed by atoms with Crippen LogP contribution >= 0.6 is 0 Å². The van der Waals surface area contributed by atoms with E-state index in [1.807, 2.05) is 0 Å². The summed E-state index contributed by atoms with van der Waals surface area (Å²) in [7, 11) is 0. The minimum absolute atomic E-state index is 0.0719. The van der Waals surface area contributed by atoms with Crippen LogP contribution in [0.3, 0.4) is 0 Å². The first kappa shape index (κ1) is 75.6. The number of ether oxygens (including phenoxy) is 3. The number of allylic oxidation sites excluding steroid dienone is 6. The third kappa shape index (κ3) is 64.5. The van der Waals surface area contributed by atoms with E-state index < -0.39 is 6.10 Å². The number of carbonyl (C=O) groups is 3. The molecule has 0 N–H and O–H groups in total. The van der Waals surface area contributed by atoms with Crippen LogP contribution in [-0.2, 0) is 28.6 Å². The number of esters is 3.